The summed E-state index contributed by atoms with van der Waals surface area (Å²) in [5.41, 5.74) is 1.56. The van der Waals surface area contributed by atoms with Gasteiger partial charge < -0.3 is 14.8 Å². The van der Waals surface area contributed by atoms with Crippen molar-refractivity contribution in [1.82, 2.24) is 5.32 Å². The van der Waals surface area contributed by atoms with Gasteiger partial charge in [-0.1, -0.05) is 30.3 Å². The molecule has 1 heterocycles. The highest BCUT2D eigenvalue weighted by atomic mass is 16.4. The number of carbonyl (C=O) groups excluding carboxylic acids is 1. The van der Waals surface area contributed by atoms with Gasteiger partial charge in [0, 0.05) is 12.1 Å². The standard InChI is InChI=1S/C14H13NO4/c16-12(17)6-8-15-14(18)13-11(7-9-19-13)10-4-2-1-3-5-10/h1-5,7,9H,6,8H2,(H,15,18)(H,16,17). The lowest BCUT2D eigenvalue weighted by molar-refractivity contribution is -0.136. The Morgan fingerprint density at radius 2 is 1.89 bits per heavy atom. The monoisotopic (exact) mass is 259 g/mol. The molecule has 0 spiro atoms. The van der Waals surface area contributed by atoms with Gasteiger partial charge in [-0.05, 0) is 11.6 Å². The molecule has 98 valence electrons. The molecule has 0 saturated heterocycles. The Labute approximate surface area is 109 Å². The van der Waals surface area contributed by atoms with Crippen LogP contribution in [-0.4, -0.2) is 23.5 Å². The van der Waals surface area contributed by atoms with Crippen molar-refractivity contribution < 1.29 is 19.1 Å². The molecule has 0 aliphatic heterocycles. The van der Waals surface area contributed by atoms with E-state index in [0.717, 1.165) is 5.56 Å². The van der Waals surface area contributed by atoms with E-state index in [1.54, 1.807) is 6.07 Å². The van der Waals surface area contributed by atoms with Gasteiger partial charge in [-0.15, -0.1) is 0 Å². The first-order valence-electron chi connectivity index (χ1n) is 5.81. The van der Waals surface area contributed by atoms with Crippen LogP contribution in [0.1, 0.15) is 17.0 Å². The van der Waals surface area contributed by atoms with E-state index in [9.17, 15) is 9.59 Å². The molecule has 1 amide bonds. The Balaban J connectivity index is 2.11. The van der Waals surface area contributed by atoms with Gasteiger partial charge in [0.05, 0.1) is 12.7 Å². The fourth-order valence-corrected chi connectivity index (χ4v) is 1.69. The fraction of sp³-hybridized carbons (Fsp3) is 0.143. The second-order valence-corrected chi connectivity index (χ2v) is 3.93. The van der Waals surface area contributed by atoms with Gasteiger partial charge in [-0.25, -0.2) is 0 Å². The first-order valence-corrected chi connectivity index (χ1v) is 5.81. The Morgan fingerprint density at radius 1 is 1.16 bits per heavy atom. The number of aliphatic carboxylic acids is 1. The predicted molar refractivity (Wildman–Crippen MR) is 68.7 cm³/mol. The number of carboxylic acid groups (broad SMARTS) is 1. The summed E-state index contributed by atoms with van der Waals surface area (Å²) in [6.45, 7) is 0.0725. The van der Waals surface area contributed by atoms with Crippen LogP contribution in [0.3, 0.4) is 0 Å². The number of rotatable bonds is 5. The van der Waals surface area contributed by atoms with Gasteiger partial charge in [0.2, 0.25) is 0 Å². The maximum absolute atomic E-state index is 11.9. The number of hydrogen-bond donors (Lipinski definition) is 2. The van der Waals surface area contributed by atoms with Crippen molar-refractivity contribution in [3.63, 3.8) is 0 Å². The molecular formula is C14H13NO4. The van der Waals surface area contributed by atoms with Gasteiger partial charge in [-0.3, -0.25) is 9.59 Å². The minimum atomic E-state index is -0.956. The SMILES string of the molecule is O=C(O)CCNC(=O)c1occc1-c1ccccc1. The summed E-state index contributed by atoms with van der Waals surface area (Å²) >= 11 is 0. The normalized spacial score (nSPS) is 10.1. The van der Waals surface area contributed by atoms with Crippen molar-refractivity contribution in [1.29, 1.82) is 0 Å². The lowest BCUT2D eigenvalue weighted by Gasteiger charge is -2.04. The number of nitrogens with one attached hydrogen (secondary N) is 1. The Kier molecular flexibility index (Phi) is 3.97. The van der Waals surface area contributed by atoms with E-state index in [4.69, 9.17) is 9.52 Å². The molecule has 1 aromatic carbocycles. The lowest BCUT2D eigenvalue weighted by atomic mass is 10.1. The highest BCUT2D eigenvalue weighted by Gasteiger charge is 2.16. The largest absolute Gasteiger partial charge is 0.481 e. The molecule has 2 N–H and O–H groups in total. The minimum absolute atomic E-state index is 0.0725. The molecule has 1 aromatic heterocycles. The predicted octanol–water partition coefficient (Wildman–Crippen LogP) is 2.15. The summed E-state index contributed by atoms with van der Waals surface area (Å²) in [4.78, 5) is 22.3. The molecular weight excluding hydrogens is 246 g/mol. The third-order valence-electron chi connectivity index (χ3n) is 2.58. The van der Waals surface area contributed by atoms with Crippen LogP contribution in [0.15, 0.2) is 47.1 Å². The molecule has 0 atom stereocenters. The zero-order valence-electron chi connectivity index (χ0n) is 10.1. The zero-order chi connectivity index (χ0) is 13.7. The summed E-state index contributed by atoms with van der Waals surface area (Å²) in [6, 6.07) is 11.1. The Bertz CT molecular complexity index is 574. The first kappa shape index (κ1) is 12.9. The average molecular weight is 259 g/mol. The fourth-order valence-electron chi connectivity index (χ4n) is 1.69. The highest BCUT2D eigenvalue weighted by molar-refractivity contribution is 5.98. The molecule has 0 radical (unpaired) electrons. The molecule has 19 heavy (non-hydrogen) atoms. The van der Waals surface area contributed by atoms with Crippen LogP contribution in [0.4, 0.5) is 0 Å². The van der Waals surface area contributed by atoms with E-state index in [1.807, 2.05) is 30.3 Å². The Morgan fingerprint density at radius 3 is 2.58 bits per heavy atom. The maximum atomic E-state index is 11.9. The average Bonchev–Trinajstić information content (AvgIpc) is 2.88. The second-order valence-electron chi connectivity index (χ2n) is 3.93. The molecule has 0 aliphatic rings. The number of carboxylic acids is 1. The molecule has 0 fully saturated rings. The summed E-state index contributed by atoms with van der Waals surface area (Å²) in [5.74, 6) is -1.18. The van der Waals surface area contributed by atoms with E-state index in [1.165, 1.54) is 6.26 Å². The molecule has 2 aromatic rings. The van der Waals surface area contributed by atoms with Crippen LogP contribution in [-0.2, 0) is 4.79 Å². The number of amides is 1. The molecule has 0 saturated carbocycles. The molecule has 5 nitrogen and oxygen atoms in total. The number of benzene rings is 1. The number of carbonyl (C=O) groups is 2. The summed E-state index contributed by atoms with van der Waals surface area (Å²) in [5, 5.41) is 11.0. The van der Waals surface area contributed by atoms with Crippen molar-refractivity contribution in [2.45, 2.75) is 6.42 Å². The van der Waals surface area contributed by atoms with Crippen molar-refractivity contribution in [2.24, 2.45) is 0 Å². The molecule has 0 unspecified atom stereocenters. The van der Waals surface area contributed by atoms with Crippen molar-refractivity contribution in [3.05, 3.63) is 48.4 Å². The third-order valence-corrected chi connectivity index (χ3v) is 2.58. The van der Waals surface area contributed by atoms with Gasteiger partial charge in [0.25, 0.3) is 5.91 Å². The zero-order valence-corrected chi connectivity index (χ0v) is 10.1. The summed E-state index contributed by atoms with van der Waals surface area (Å²) < 4.78 is 5.18. The first-order chi connectivity index (χ1) is 9.18. The number of hydrogen-bond acceptors (Lipinski definition) is 3. The van der Waals surface area contributed by atoms with E-state index in [0.29, 0.717) is 5.56 Å². The van der Waals surface area contributed by atoms with Crippen LogP contribution < -0.4 is 5.32 Å². The van der Waals surface area contributed by atoms with Crippen molar-refractivity contribution in [3.8, 4) is 11.1 Å². The second kappa shape index (κ2) is 5.86. The smallest absolute Gasteiger partial charge is 0.305 e. The van der Waals surface area contributed by atoms with Crippen molar-refractivity contribution in [2.75, 3.05) is 6.54 Å². The van der Waals surface area contributed by atoms with Gasteiger partial charge in [0.1, 0.15) is 0 Å². The minimum Gasteiger partial charge on any atom is -0.481 e. The van der Waals surface area contributed by atoms with E-state index >= 15 is 0 Å². The van der Waals surface area contributed by atoms with Crippen LogP contribution in [0, 0.1) is 0 Å². The quantitative estimate of drug-likeness (QED) is 0.862. The van der Waals surface area contributed by atoms with E-state index in [-0.39, 0.29) is 18.7 Å². The summed E-state index contributed by atoms with van der Waals surface area (Å²) in [7, 11) is 0. The Hall–Kier alpha value is -2.56. The lowest BCUT2D eigenvalue weighted by Crippen LogP contribution is -2.26. The van der Waals surface area contributed by atoms with Crippen LogP contribution in [0.5, 0.6) is 0 Å². The van der Waals surface area contributed by atoms with Gasteiger partial charge in [0.15, 0.2) is 5.76 Å². The van der Waals surface area contributed by atoms with Crippen LogP contribution in [0.2, 0.25) is 0 Å². The van der Waals surface area contributed by atoms with E-state index in [2.05, 4.69) is 5.32 Å². The van der Waals surface area contributed by atoms with Crippen molar-refractivity contribution >= 4 is 11.9 Å². The molecule has 0 aliphatic carbocycles. The highest BCUT2D eigenvalue weighted by Crippen LogP contribution is 2.24. The topological polar surface area (TPSA) is 79.5 Å². The van der Waals surface area contributed by atoms with Crippen LogP contribution >= 0.6 is 0 Å². The maximum Gasteiger partial charge on any atom is 0.305 e. The van der Waals surface area contributed by atoms with Gasteiger partial charge >= 0.3 is 5.97 Å². The summed E-state index contributed by atoms with van der Waals surface area (Å²) in [6.07, 6.45) is 1.32. The van der Waals surface area contributed by atoms with Gasteiger partial charge in [-0.2, -0.15) is 0 Å². The van der Waals surface area contributed by atoms with E-state index < -0.39 is 11.9 Å². The third kappa shape index (κ3) is 3.22. The molecule has 2 rings (SSSR count). The molecule has 0 bridgehead atoms. The number of furan rings is 1. The molecule has 5 heteroatoms. The van der Waals surface area contributed by atoms with Crippen LogP contribution in [0.25, 0.3) is 11.1 Å².